The van der Waals surface area contributed by atoms with Crippen molar-refractivity contribution in [1.82, 2.24) is 0 Å². The Morgan fingerprint density at radius 1 is 0.529 bits per heavy atom. The molecule has 0 radical (unpaired) electrons. The van der Waals surface area contributed by atoms with Crippen LogP contribution in [0.15, 0.2) is 0 Å². The molecule has 0 aliphatic rings. The third-order valence-electron chi connectivity index (χ3n) is 4.64. The smallest absolute Gasteiger partial charge is 0.379 e. The van der Waals surface area contributed by atoms with Gasteiger partial charge in [-0.25, -0.2) is 4.18 Å². The van der Waals surface area contributed by atoms with E-state index in [1.54, 1.807) is 0 Å². The SMILES string of the molecule is CCCCCCOCCOCCOCC(COCCOCCOCCCCCC)OS(=O)(=O)O. The predicted molar refractivity (Wildman–Crippen MR) is 130 cm³/mol. The van der Waals surface area contributed by atoms with E-state index in [-0.39, 0.29) is 26.4 Å². The van der Waals surface area contributed by atoms with E-state index in [1.165, 1.54) is 38.5 Å². The first-order chi connectivity index (χ1) is 16.5. The first-order valence-corrected chi connectivity index (χ1v) is 14.0. The molecule has 0 saturated heterocycles. The van der Waals surface area contributed by atoms with Crippen LogP contribution >= 0.6 is 0 Å². The van der Waals surface area contributed by atoms with E-state index in [0.717, 1.165) is 26.1 Å². The molecule has 10 nitrogen and oxygen atoms in total. The van der Waals surface area contributed by atoms with Gasteiger partial charge in [0.1, 0.15) is 6.10 Å². The minimum atomic E-state index is -4.61. The summed E-state index contributed by atoms with van der Waals surface area (Å²) in [7, 11) is -4.61. The summed E-state index contributed by atoms with van der Waals surface area (Å²) in [5.74, 6) is 0. The van der Waals surface area contributed by atoms with Crippen molar-refractivity contribution in [3.63, 3.8) is 0 Å². The van der Waals surface area contributed by atoms with Crippen molar-refractivity contribution in [3.8, 4) is 0 Å². The molecule has 0 atom stereocenters. The number of hydrogen-bond donors (Lipinski definition) is 1. The van der Waals surface area contributed by atoms with Gasteiger partial charge in [-0.2, -0.15) is 8.42 Å². The Balaban J connectivity index is 3.66. The molecule has 0 rings (SSSR count). The van der Waals surface area contributed by atoms with Crippen LogP contribution in [0, 0.1) is 0 Å². The summed E-state index contributed by atoms with van der Waals surface area (Å²) in [5.41, 5.74) is 0. The van der Waals surface area contributed by atoms with Gasteiger partial charge < -0.3 is 28.4 Å². The van der Waals surface area contributed by atoms with Crippen LogP contribution in [0.5, 0.6) is 0 Å². The summed E-state index contributed by atoms with van der Waals surface area (Å²) in [5, 5.41) is 0. The highest BCUT2D eigenvalue weighted by Crippen LogP contribution is 2.02. The maximum Gasteiger partial charge on any atom is 0.397 e. The van der Waals surface area contributed by atoms with Gasteiger partial charge >= 0.3 is 10.4 Å². The zero-order chi connectivity index (χ0) is 25.2. The average molecular weight is 517 g/mol. The van der Waals surface area contributed by atoms with E-state index in [0.29, 0.717) is 39.6 Å². The van der Waals surface area contributed by atoms with Crippen LogP contribution in [0.2, 0.25) is 0 Å². The molecule has 206 valence electrons. The molecule has 0 aromatic rings. The second-order valence-corrected chi connectivity index (χ2v) is 8.91. The summed E-state index contributed by atoms with van der Waals surface area (Å²) in [4.78, 5) is 0. The molecule has 34 heavy (non-hydrogen) atoms. The van der Waals surface area contributed by atoms with Crippen molar-refractivity contribution in [1.29, 1.82) is 0 Å². The van der Waals surface area contributed by atoms with Crippen LogP contribution in [-0.2, 0) is 43.0 Å². The molecule has 0 fully saturated rings. The summed E-state index contributed by atoms with van der Waals surface area (Å²) in [6.45, 7) is 8.88. The number of ether oxygens (including phenoxy) is 6. The minimum absolute atomic E-state index is 0.0657. The van der Waals surface area contributed by atoms with E-state index in [9.17, 15) is 8.42 Å². The Bertz CT molecular complexity index is 476. The summed E-state index contributed by atoms with van der Waals surface area (Å²) in [6, 6.07) is 0. The molecule has 0 saturated carbocycles. The molecule has 0 aromatic carbocycles. The minimum Gasteiger partial charge on any atom is -0.379 e. The van der Waals surface area contributed by atoms with Crippen LogP contribution in [0.3, 0.4) is 0 Å². The Morgan fingerprint density at radius 3 is 1.24 bits per heavy atom. The predicted octanol–water partition coefficient (Wildman–Crippen LogP) is 3.43. The molecule has 0 aliphatic carbocycles. The number of unbranched alkanes of at least 4 members (excludes halogenated alkanes) is 6. The van der Waals surface area contributed by atoms with Crippen molar-refractivity contribution in [3.05, 3.63) is 0 Å². The van der Waals surface area contributed by atoms with Gasteiger partial charge in [0.2, 0.25) is 0 Å². The molecular formula is C23H48O10S. The second kappa shape index (κ2) is 25.7. The van der Waals surface area contributed by atoms with E-state index in [2.05, 4.69) is 18.0 Å². The van der Waals surface area contributed by atoms with Gasteiger partial charge in [-0.3, -0.25) is 4.55 Å². The average Bonchev–Trinajstić information content (AvgIpc) is 2.79. The molecule has 1 N–H and O–H groups in total. The van der Waals surface area contributed by atoms with E-state index < -0.39 is 16.5 Å². The van der Waals surface area contributed by atoms with Crippen molar-refractivity contribution in [2.45, 2.75) is 71.3 Å². The van der Waals surface area contributed by atoms with Crippen LogP contribution in [0.1, 0.15) is 65.2 Å². The molecule has 11 heteroatoms. The van der Waals surface area contributed by atoms with Crippen LogP contribution < -0.4 is 0 Å². The Hall–Kier alpha value is -0.370. The molecule has 0 heterocycles. The van der Waals surface area contributed by atoms with Crippen LogP contribution in [0.25, 0.3) is 0 Å². The lowest BCUT2D eigenvalue weighted by Gasteiger charge is -2.16. The molecule has 0 bridgehead atoms. The first-order valence-electron chi connectivity index (χ1n) is 12.6. The van der Waals surface area contributed by atoms with Crippen molar-refractivity contribution < 1.29 is 45.6 Å². The highest BCUT2D eigenvalue weighted by molar-refractivity contribution is 7.80. The van der Waals surface area contributed by atoms with Crippen LogP contribution in [-0.4, -0.2) is 98.4 Å². The number of rotatable bonds is 28. The first kappa shape index (κ1) is 33.6. The monoisotopic (exact) mass is 516 g/mol. The van der Waals surface area contributed by atoms with E-state index in [4.69, 9.17) is 33.0 Å². The molecular weight excluding hydrogens is 468 g/mol. The Labute approximate surface area is 206 Å². The van der Waals surface area contributed by atoms with Gasteiger partial charge in [0.25, 0.3) is 0 Å². The lowest BCUT2D eigenvalue weighted by Crippen LogP contribution is -2.29. The Morgan fingerprint density at radius 2 is 0.882 bits per heavy atom. The molecule has 0 amide bonds. The lowest BCUT2D eigenvalue weighted by molar-refractivity contribution is -0.0398. The highest BCUT2D eigenvalue weighted by Gasteiger charge is 2.18. The maximum atomic E-state index is 11.0. The molecule has 0 spiro atoms. The second-order valence-electron chi connectivity index (χ2n) is 7.87. The molecule has 0 unspecified atom stereocenters. The number of hydrogen-bond acceptors (Lipinski definition) is 9. The highest BCUT2D eigenvalue weighted by atomic mass is 32.3. The van der Waals surface area contributed by atoms with Crippen molar-refractivity contribution in [2.24, 2.45) is 0 Å². The summed E-state index contributed by atoms with van der Waals surface area (Å²) < 4.78 is 68.1. The quantitative estimate of drug-likeness (QED) is 0.122. The summed E-state index contributed by atoms with van der Waals surface area (Å²) in [6.07, 6.45) is 8.39. The fraction of sp³-hybridized carbons (Fsp3) is 1.00. The van der Waals surface area contributed by atoms with Gasteiger partial charge in [0.15, 0.2) is 0 Å². The van der Waals surface area contributed by atoms with Gasteiger partial charge in [-0.1, -0.05) is 52.4 Å². The van der Waals surface area contributed by atoms with Gasteiger partial charge in [0, 0.05) is 13.2 Å². The normalized spacial score (nSPS) is 12.1. The van der Waals surface area contributed by atoms with E-state index in [1.807, 2.05) is 0 Å². The van der Waals surface area contributed by atoms with Gasteiger partial charge in [-0.15, -0.1) is 0 Å². The standard InChI is InChI=1S/C23H48O10S/c1-3-5-7-9-11-27-13-15-29-17-19-31-21-23(33-34(24,25)26)22-32-20-18-30-16-14-28-12-10-8-6-4-2/h23H,3-22H2,1-2H3,(H,24,25,26). The third kappa shape index (κ3) is 27.9. The lowest BCUT2D eigenvalue weighted by atomic mass is 10.2. The van der Waals surface area contributed by atoms with E-state index >= 15 is 0 Å². The fourth-order valence-corrected chi connectivity index (χ4v) is 3.30. The third-order valence-corrected chi connectivity index (χ3v) is 5.15. The molecule has 0 aromatic heterocycles. The zero-order valence-corrected chi connectivity index (χ0v) is 22.1. The topological polar surface area (TPSA) is 119 Å². The Kier molecular flexibility index (Phi) is 25.4. The summed E-state index contributed by atoms with van der Waals surface area (Å²) >= 11 is 0. The largest absolute Gasteiger partial charge is 0.397 e. The van der Waals surface area contributed by atoms with Crippen molar-refractivity contribution in [2.75, 3.05) is 79.3 Å². The van der Waals surface area contributed by atoms with Crippen molar-refractivity contribution >= 4 is 10.4 Å². The maximum absolute atomic E-state index is 11.0. The fourth-order valence-electron chi connectivity index (χ4n) is 2.85. The zero-order valence-electron chi connectivity index (χ0n) is 21.2. The molecule has 0 aliphatic heterocycles. The van der Waals surface area contributed by atoms with Gasteiger partial charge in [-0.05, 0) is 12.8 Å². The van der Waals surface area contributed by atoms with Gasteiger partial charge in [0.05, 0.1) is 66.1 Å². The van der Waals surface area contributed by atoms with Crippen LogP contribution in [0.4, 0.5) is 0 Å².